The minimum atomic E-state index is 0.145. The molecule has 1 aromatic rings. The van der Waals surface area contributed by atoms with Crippen LogP contribution in [0.2, 0.25) is 0 Å². The van der Waals surface area contributed by atoms with E-state index in [1.807, 2.05) is 24.3 Å². The van der Waals surface area contributed by atoms with Gasteiger partial charge >= 0.3 is 0 Å². The number of rotatable bonds is 4. The Kier molecular flexibility index (Phi) is 3.96. The number of hydrogen-bond acceptors (Lipinski definition) is 2. The quantitative estimate of drug-likeness (QED) is 0.882. The number of benzene rings is 1. The first-order valence-corrected chi connectivity index (χ1v) is 6.25. The third kappa shape index (κ3) is 3.32. The molecule has 0 atom stereocenters. The van der Waals surface area contributed by atoms with Crippen LogP contribution in [-0.4, -0.2) is 19.0 Å². The molecule has 1 fully saturated rings. The fourth-order valence-corrected chi connectivity index (χ4v) is 2.12. The molecule has 2 rings (SSSR count). The standard InChI is InChI=1S/C12H15BrN2O/c13-11-3-1-2-9(4-11)8-15-12(16)5-10-6-14-7-10/h1-4,10,14H,5-8H2,(H,15,16). The minimum Gasteiger partial charge on any atom is -0.352 e. The first-order chi connectivity index (χ1) is 7.74. The Morgan fingerprint density at radius 3 is 2.94 bits per heavy atom. The molecule has 0 aliphatic carbocycles. The van der Waals surface area contributed by atoms with E-state index in [9.17, 15) is 4.79 Å². The molecule has 1 aliphatic heterocycles. The summed E-state index contributed by atoms with van der Waals surface area (Å²) in [5, 5.41) is 6.10. The molecule has 0 unspecified atom stereocenters. The van der Waals surface area contributed by atoms with Crippen molar-refractivity contribution in [3.05, 3.63) is 34.3 Å². The maximum atomic E-state index is 11.6. The van der Waals surface area contributed by atoms with Gasteiger partial charge in [-0.15, -0.1) is 0 Å². The summed E-state index contributed by atoms with van der Waals surface area (Å²) in [5.74, 6) is 0.675. The Morgan fingerprint density at radius 2 is 2.31 bits per heavy atom. The molecular formula is C12H15BrN2O. The SMILES string of the molecule is O=C(CC1CNC1)NCc1cccc(Br)c1. The summed E-state index contributed by atoms with van der Waals surface area (Å²) in [5.41, 5.74) is 1.12. The van der Waals surface area contributed by atoms with Crippen LogP contribution in [0.1, 0.15) is 12.0 Å². The molecule has 0 aromatic heterocycles. The lowest BCUT2D eigenvalue weighted by Crippen LogP contribution is -2.44. The molecule has 1 saturated heterocycles. The summed E-state index contributed by atoms with van der Waals surface area (Å²) < 4.78 is 1.04. The molecule has 0 saturated carbocycles. The Morgan fingerprint density at radius 1 is 1.50 bits per heavy atom. The van der Waals surface area contributed by atoms with E-state index in [4.69, 9.17) is 0 Å². The number of carbonyl (C=O) groups is 1. The third-order valence-electron chi connectivity index (χ3n) is 2.72. The van der Waals surface area contributed by atoms with Crippen molar-refractivity contribution in [2.75, 3.05) is 13.1 Å². The first kappa shape index (κ1) is 11.6. The average molecular weight is 283 g/mol. The van der Waals surface area contributed by atoms with E-state index >= 15 is 0 Å². The van der Waals surface area contributed by atoms with Crippen molar-refractivity contribution in [3.8, 4) is 0 Å². The lowest BCUT2D eigenvalue weighted by atomic mass is 9.99. The minimum absolute atomic E-state index is 0.145. The highest BCUT2D eigenvalue weighted by atomic mass is 79.9. The van der Waals surface area contributed by atoms with Gasteiger partial charge in [-0.25, -0.2) is 0 Å². The van der Waals surface area contributed by atoms with Gasteiger partial charge in [-0.1, -0.05) is 28.1 Å². The van der Waals surface area contributed by atoms with Crippen molar-refractivity contribution in [2.45, 2.75) is 13.0 Å². The van der Waals surface area contributed by atoms with Crippen molar-refractivity contribution in [3.63, 3.8) is 0 Å². The molecule has 1 amide bonds. The van der Waals surface area contributed by atoms with Crippen molar-refractivity contribution < 1.29 is 4.79 Å². The van der Waals surface area contributed by atoms with E-state index in [2.05, 4.69) is 26.6 Å². The number of carbonyl (C=O) groups excluding carboxylic acids is 1. The zero-order chi connectivity index (χ0) is 11.4. The molecule has 16 heavy (non-hydrogen) atoms. The Balaban J connectivity index is 1.75. The van der Waals surface area contributed by atoms with Crippen LogP contribution in [0.4, 0.5) is 0 Å². The van der Waals surface area contributed by atoms with Crippen LogP contribution in [-0.2, 0) is 11.3 Å². The van der Waals surface area contributed by atoms with Crippen LogP contribution in [0.3, 0.4) is 0 Å². The Hall–Kier alpha value is -0.870. The second-order valence-corrected chi connectivity index (χ2v) is 5.05. The van der Waals surface area contributed by atoms with Crippen molar-refractivity contribution in [2.24, 2.45) is 5.92 Å². The monoisotopic (exact) mass is 282 g/mol. The number of nitrogens with one attached hydrogen (secondary N) is 2. The van der Waals surface area contributed by atoms with Gasteiger partial charge in [0.25, 0.3) is 0 Å². The van der Waals surface area contributed by atoms with E-state index in [-0.39, 0.29) is 5.91 Å². The summed E-state index contributed by atoms with van der Waals surface area (Å²) >= 11 is 3.41. The number of halogens is 1. The molecule has 2 N–H and O–H groups in total. The maximum Gasteiger partial charge on any atom is 0.220 e. The maximum absolute atomic E-state index is 11.6. The van der Waals surface area contributed by atoms with E-state index in [1.54, 1.807) is 0 Å². The smallest absolute Gasteiger partial charge is 0.220 e. The highest BCUT2D eigenvalue weighted by Gasteiger charge is 2.19. The van der Waals surface area contributed by atoms with Gasteiger partial charge < -0.3 is 10.6 Å². The Labute approximate surface area is 104 Å². The highest BCUT2D eigenvalue weighted by Crippen LogP contribution is 2.12. The van der Waals surface area contributed by atoms with Gasteiger partial charge in [-0.3, -0.25) is 4.79 Å². The predicted octanol–water partition coefficient (Wildman–Crippen LogP) is 1.67. The fraction of sp³-hybridized carbons (Fsp3) is 0.417. The van der Waals surface area contributed by atoms with Crippen LogP contribution in [0.5, 0.6) is 0 Å². The molecule has 86 valence electrons. The van der Waals surface area contributed by atoms with Gasteiger partial charge in [-0.2, -0.15) is 0 Å². The van der Waals surface area contributed by atoms with Crippen molar-refractivity contribution in [1.29, 1.82) is 0 Å². The lowest BCUT2D eigenvalue weighted by molar-refractivity contribution is -0.122. The molecule has 1 aliphatic rings. The second-order valence-electron chi connectivity index (χ2n) is 4.14. The zero-order valence-electron chi connectivity index (χ0n) is 9.00. The average Bonchev–Trinajstić information content (AvgIpc) is 2.21. The van der Waals surface area contributed by atoms with Crippen molar-refractivity contribution >= 4 is 21.8 Å². The van der Waals surface area contributed by atoms with Gasteiger partial charge in [0, 0.05) is 17.4 Å². The summed E-state index contributed by atoms with van der Waals surface area (Å²) in [7, 11) is 0. The molecule has 0 bridgehead atoms. The van der Waals surface area contributed by atoms with Crippen LogP contribution in [0, 0.1) is 5.92 Å². The van der Waals surface area contributed by atoms with Crippen molar-refractivity contribution in [1.82, 2.24) is 10.6 Å². The van der Waals surface area contributed by atoms with E-state index < -0.39 is 0 Å². The van der Waals surface area contributed by atoms with E-state index in [0.29, 0.717) is 18.9 Å². The molecule has 4 heteroatoms. The highest BCUT2D eigenvalue weighted by molar-refractivity contribution is 9.10. The van der Waals surface area contributed by atoms with Crippen LogP contribution >= 0.6 is 15.9 Å². The van der Waals surface area contributed by atoms with Crippen LogP contribution in [0.15, 0.2) is 28.7 Å². The van der Waals surface area contributed by atoms with Gasteiger partial charge in [0.05, 0.1) is 0 Å². The van der Waals surface area contributed by atoms with Gasteiger partial charge in [0.2, 0.25) is 5.91 Å². The summed E-state index contributed by atoms with van der Waals surface area (Å²) in [6.07, 6.45) is 0.640. The molecular weight excluding hydrogens is 268 g/mol. The van der Waals surface area contributed by atoms with Gasteiger partial charge in [-0.05, 0) is 36.7 Å². The normalized spacial score (nSPS) is 15.6. The summed E-state index contributed by atoms with van der Waals surface area (Å²) in [6, 6.07) is 7.98. The Bertz CT molecular complexity index is 377. The van der Waals surface area contributed by atoms with E-state index in [0.717, 1.165) is 23.1 Å². The topological polar surface area (TPSA) is 41.1 Å². The first-order valence-electron chi connectivity index (χ1n) is 5.46. The van der Waals surface area contributed by atoms with Gasteiger partial charge in [0.1, 0.15) is 0 Å². The predicted molar refractivity (Wildman–Crippen MR) is 67.0 cm³/mol. The fourth-order valence-electron chi connectivity index (χ4n) is 1.67. The second kappa shape index (κ2) is 5.46. The molecule has 0 radical (unpaired) electrons. The molecule has 0 spiro atoms. The zero-order valence-corrected chi connectivity index (χ0v) is 10.6. The molecule has 1 aromatic carbocycles. The van der Waals surface area contributed by atoms with Gasteiger partial charge in [0.15, 0.2) is 0 Å². The molecule has 1 heterocycles. The molecule has 3 nitrogen and oxygen atoms in total. The number of hydrogen-bond donors (Lipinski definition) is 2. The largest absolute Gasteiger partial charge is 0.352 e. The lowest BCUT2D eigenvalue weighted by Gasteiger charge is -2.26. The number of amides is 1. The summed E-state index contributed by atoms with van der Waals surface area (Å²) in [4.78, 5) is 11.6. The van der Waals surface area contributed by atoms with Crippen LogP contribution in [0.25, 0.3) is 0 Å². The van der Waals surface area contributed by atoms with Crippen LogP contribution < -0.4 is 10.6 Å². The van der Waals surface area contributed by atoms with E-state index in [1.165, 1.54) is 0 Å². The third-order valence-corrected chi connectivity index (χ3v) is 3.21. The summed E-state index contributed by atoms with van der Waals surface area (Å²) in [6.45, 7) is 2.56.